The van der Waals surface area contributed by atoms with Gasteiger partial charge >= 0.3 is 0 Å². The van der Waals surface area contributed by atoms with Gasteiger partial charge in [0.25, 0.3) is 0 Å². The fraction of sp³-hybridized carbons (Fsp3) is 1.00. The summed E-state index contributed by atoms with van der Waals surface area (Å²) in [5, 5.41) is 0. The van der Waals surface area contributed by atoms with E-state index in [1.165, 1.54) is 6.42 Å². The van der Waals surface area contributed by atoms with Crippen LogP contribution < -0.4 is 5.73 Å². The maximum absolute atomic E-state index is 5.93. The van der Waals surface area contributed by atoms with Crippen LogP contribution in [-0.4, -0.2) is 6.04 Å². The molecule has 62 valence electrons. The van der Waals surface area contributed by atoms with Crippen LogP contribution in [0.4, 0.5) is 0 Å². The van der Waals surface area contributed by atoms with E-state index in [0.717, 1.165) is 12.3 Å². The molecule has 0 aromatic rings. The summed E-state index contributed by atoms with van der Waals surface area (Å²) in [6.45, 7) is 8.88. The highest BCUT2D eigenvalue weighted by Gasteiger charge is 2.11. The smallest absolute Gasteiger partial charge is 0.00668 e. The molecule has 2 atom stereocenters. The van der Waals surface area contributed by atoms with Gasteiger partial charge in [-0.25, -0.2) is 0 Å². The molecule has 0 aromatic carbocycles. The molecule has 0 aliphatic rings. The topological polar surface area (TPSA) is 26.0 Å². The Hall–Kier alpha value is -0.0400. The van der Waals surface area contributed by atoms with Crippen molar-refractivity contribution in [2.24, 2.45) is 17.6 Å². The SMILES string of the molecule is CCC(C)[C@@H](N)CC(C)C. The molecule has 0 rings (SSSR count). The molecule has 1 unspecified atom stereocenters. The summed E-state index contributed by atoms with van der Waals surface area (Å²) >= 11 is 0. The quantitative estimate of drug-likeness (QED) is 0.642. The van der Waals surface area contributed by atoms with Gasteiger partial charge in [0.1, 0.15) is 0 Å². The minimum atomic E-state index is 0.407. The summed E-state index contributed by atoms with van der Waals surface area (Å²) in [6, 6.07) is 0.407. The Morgan fingerprint density at radius 1 is 1.20 bits per heavy atom. The van der Waals surface area contributed by atoms with Crippen LogP contribution in [0.2, 0.25) is 0 Å². The zero-order valence-corrected chi connectivity index (χ0v) is 7.72. The van der Waals surface area contributed by atoms with E-state index in [0.29, 0.717) is 12.0 Å². The molecule has 2 N–H and O–H groups in total. The lowest BCUT2D eigenvalue weighted by Gasteiger charge is -2.19. The number of hydrogen-bond acceptors (Lipinski definition) is 1. The van der Waals surface area contributed by atoms with Crippen molar-refractivity contribution in [1.29, 1.82) is 0 Å². The van der Waals surface area contributed by atoms with Gasteiger partial charge in [0, 0.05) is 6.04 Å². The molecule has 0 spiro atoms. The normalized spacial score (nSPS) is 17.4. The molecule has 0 bridgehead atoms. The zero-order chi connectivity index (χ0) is 8.15. The van der Waals surface area contributed by atoms with E-state index >= 15 is 0 Å². The summed E-state index contributed by atoms with van der Waals surface area (Å²) in [6.07, 6.45) is 2.36. The number of nitrogens with two attached hydrogens (primary N) is 1. The van der Waals surface area contributed by atoms with Crippen LogP contribution in [0.5, 0.6) is 0 Å². The van der Waals surface area contributed by atoms with Crippen molar-refractivity contribution in [2.75, 3.05) is 0 Å². The van der Waals surface area contributed by atoms with Crippen molar-refractivity contribution in [2.45, 2.75) is 46.6 Å². The van der Waals surface area contributed by atoms with E-state index in [4.69, 9.17) is 5.73 Å². The molecular formula is C9H21N. The molecule has 0 heterocycles. The van der Waals surface area contributed by atoms with Crippen LogP contribution in [0.1, 0.15) is 40.5 Å². The average molecular weight is 143 g/mol. The largest absolute Gasteiger partial charge is 0.327 e. The second-order valence-electron chi connectivity index (χ2n) is 3.68. The second-order valence-corrected chi connectivity index (χ2v) is 3.68. The van der Waals surface area contributed by atoms with Crippen LogP contribution in [0.3, 0.4) is 0 Å². The van der Waals surface area contributed by atoms with Gasteiger partial charge in [0.2, 0.25) is 0 Å². The molecule has 0 saturated heterocycles. The van der Waals surface area contributed by atoms with Gasteiger partial charge in [-0.1, -0.05) is 34.1 Å². The van der Waals surface area contributed by atoms with Crippen molar-refractivity contribution in [1.82, 2.24) is 0 Å². The highest BCUT2D eigenvalue weighted by molar-refractivity contribution is 4.68. The fourth-order valence-electron chi connectivity index (χ4n) is 1.08. The van der Waals surface area contributed by atoms with Gasteiger partial charge in [-0.2, -0.15) is 0 Å². The lowest BCUT2D eigenvalue weighted by molar-refractivity contribution is 0.376. The highest BCUT2D eigenvalue weighted by atomic mass is 14.6. The van der Waals surface area contributed by atoms with Crippen LogP contribution in [0.25, 0.3) is 0 Å². The second kappa shape index (κ2) is 4.73. The van der Waals surface area contributed by atoms with Gasteiger partial charge in [0.05, 0.1) is 0 Å². The van der Waals surface area contributed by atoms with E-state index in [-0.39, 0.29) is 0 Å². The maximum Gasteiger partial charge on any atom is 0.00668 e. The Kier molecular flexibility index (Phi) is 4.71. The molecule has 0 radical (unpaired) electrons. The van der Waals surface area contributed by atoms with E-state index in [1.807, 2.05) is 0 Å². The first kappa shape index (κ1) is 9.96. The molecule has 0 amide bonds. The maximum atomic E-state index is 5.93. The Balaban J connectivity index is 3.50. The molecule has 0 fully saturated rings. The Morgan fingerprint density at radius 2 is 1.70 bits per heavy atom. The van der Waals surface area contributed by atoms with Crippen LogP contribution in [-0.2, 0) is 0 Å². The van der Waals surface area contributed by atoms with Gasteiger partial charge in [-0.05, 0) is 18.3 Å². The molecule has 0 aromatic heterocycles. The number of hydrogen-bond donors (Lipinski definition) is 1. The van der Waals surface area contributed by atoms with Crippen molar-refractivity contribution < 1.29 is 0 Å². The first-order chi connectivity index (χ1) is 4.57. The molecule has 0 aliphatic carbocycles. The molecule has 0 aliphatic heterocycles. The van der Waals surface area contributed by atoms with Crippen molar-refractivity contribution >= 4 is 0 Å². The highest BCUT2D eigenvalue weighted by Crippen LogP contribution is 2.12. The monoisotopic (exact) mass is 143 g/mol. The molecule has 1 nitrogen and oxygen atoms in total. The molecular weight excluding hydrogens is 122 g/mol. The average Bonchev–Trinajstić information content (AvgIpc) is 1.85. The van der Waals surface area contributed by atoms with Gasteiger partial charge in [0.15, 0.2) is 0 Å². The van der Waals surface area contributed by atoms with E-state index < -0.39 is 0 Å². The van der Waals surface area contributed by atoms with E-state index in [9.17, 15) is 0 Å². The Labute approximate surface area is 65.0 Å². The minimum absolute atomic E-state index is 0.407. The Bertz CT molecular complexity index is 78.8. The van der Waals surface area contributed by atoms with Gasteiger partial charge in [-0.3, -0.25) is 0 Å². The van der Waals surface area contributed by atoms with Crippen LogP contribution >= 0.6 is 0 Å². The summed E-state index contributed by atoms with van der Waals surface area (Å²) in [5.74, 6) is 1.42. The van der Waals surface area contributed by atoms with Crippen molar-refractivity contribution in [3.05, 3.63) is 0 Å². The third-order valence-electron chi connectivity index (χ3n) is 2.12. The first-order valence-corrected chi connectivity index (χ1v) is 4.33. The predicted octanol–water partition coefficient (Wildman–Crippen LogP) is 2.41. The predicted molar refractivity (Wildman–Crippen MR) is 46.9 cm³/mol. The minimum Gasteiger partial charge on any atom is -0.327 e. The fourth-order valence-corrected chi connectivity index (χ4v) is 1.08. The molecule has 0 saturated carbocycles. The zero-order valence-electron chi connectivity index (χ0n) is 7.72. The molecule has 10 heavy (non-hydrogen) atoms. The van der Waals surface area contributed by atoms with E-state index in [1.54, 1.807) is 0 Å². The van der Waals surface area contributed by atoms with Crippen molar-refractivity contribution in [3.63, 3.8) is 0 Å². The van der Waals surface area contributed by atoms with Crippen LogP contribution in [0, 0.1) is 11.8 Å². The summed E-state index contributed by atoms with van der Waals surface area (Å²) in [5.41, 5.74) is 5.93. The lowest BCUT2D eigenvalue weighted by Crippen LogP contribution is -2.29. The van der Waals surface area contributed by atoms with Gasteiger partial charge < -0.3 is 5.73 Å². The van der Waals surface area contributed by atoms with Crippen molar-refractivity contribution in [3.8, 4) is 0 Å². The third kappa shape index (κ3) is 3.89. The van der Waals surface area contributed by atoms with Gasteiger partial charge in [-0.15, -0.1) is 0 Å². The summed E-state index contributed by atoms with van der Waals surface area (Å²) in [7, 11) is 0. The standard InChI is InChI=1S/C9H21N/c1-5-8(4)9(10)6-7(2)3/h7-9H,5-6,10H2,1-4H3/t8?,9-/m0/s1. The summed E-state index contributed by atoms with van der Waals surface area (Å²) in [4.78, 5) is 0. The van der Waals surface area contributed by atoms with E-state index in [2.05, 4.69) is 27.7 Å². The lowest BCUT2D eigenvalue weighted by atomic mass is 9.92. The van der Waals surface area contributed by atoms with Crippen LogP contribution in [0.15, 0.2) is 0 Å². The Morgan fingerprint density at radius 3 is 2.00 bits per heavy atom. The number of rotatable bonds is 4. The summed E-state index contributed by atoms with van der Waals surface area (Å²) < 4.78 is 0. The first-order valence-electron chi connectivity index (χ1n) is 4.33. The third-order valence-corrected chi connectivity index (χ3v) is 2.12. The molecule has 1 heteroatoms.